The van der Waals surface area contributed by atoms with Gasteiger partial charge in [-0.05, 0) is 32.2 Å². The van der Waals surface area contributed by atoms with E-state index < -0.39 is 0 Å². The molecule has 2 N–H and O–H groups in total. The molecular weight excluding hydrogens is 272 g/mol. The third-order valence-electron chi connectivity index (χ3n) is 2.80. The maximum atomic E-state index is 5.52. The molecule has 0 fully saturated rings. The molecule has 6 heteroatoms. The molecule has 0 unspecified atom stereocenters. The molecule has 0 atom stereocenters. The molecule has 0 aliphatic carbocycles. The van der Waals surface area contributed by atoms with Crippen LogP contribution in [0, 0.1) is 13.8 Å². The third-order valence-corrected chi connectivity index (χ3v) is 3.68. The van der Waals surface area contributed by atoms with Crippen molar-refractivity contribution >= 4 is 17.3 Å². The Bertz CT molecular complexity index is 540. The molecule has 5 nitrogen and oxygen atoms in total. The molecule has 20 heavy (non-hydrogen) atoms. The minimum atomic E-state index is 0.439. The van der Waals surface area contributed by atoms with Gasteiger partial charge >= 0.3 is 0 Å². The van der Waals surface area contributed by atoms with Crippen molar-refractivity contribution < 1.29 is 4.42 Å². The maximum absolute atomic E-state index is 5.52. The summed E-state index contributed by atoms with van der Waals surface area (Å²) >= 11 is 1.73. The molecule has 0 aromatic carbocycles. The van der Waals surface area contributed by atoms with E-state index in [1.165, 1.54) is 4.88 Å². The zero-order valence-corrected chi connectivity index (χ0v) is 12.9. The summed E-state index contributed by atoms with van der Waals surface area (Å²) in [6.45, 7) is 7.92. The molecule has 2 heterocycles. The van der Waals surface area contributed by atoms with Gasteiger partial charge < -0.3 is 15.1 Å². The first-order valence-electron chi connectivity index (χ1n) is 6.66. The number of rotatable bonds is 5. The average Bonchev–Trinajstić information content (AvgIpc) is 3.04. The van der Waals surface area contributed by atoms with Crippen LogP contribution in [-0.4, -0.2) is 17.5 Å². The summed E-state index contributed by atoms with van der Waals surface area (Å²) in [6, 6.07) is 4.14. The number of aliphatic imine (C=N–C) groups is 1. The van der Waals surface area contributed by atoms with Crippen LogP contribution in [-0.2, 0) is 13.1 Å². The number of hydrogen-bond donors (Lipinski definition) is 2. The third kappa shape index (κ3) is 4.09. The van der Waals surface area contributed by atoms with Crippen molar-refractivity contribution in [3.63, 3.8) is 0 Å². The summed E-state index contributed by atoms with van der Waals surface area (Å²) in [5, 5.41) is 8.57. The van der Waals surface area contributed by atoms with Gasteiger partial charge in [-0.3, -0.25) is 0 Å². The lowest BCUT2D eigenvalue weighted by Gasteiger charge is -2.09. The SMILES string of the molecule is CCNC(=NCc1nc(C)c(C)o1)NCc1cccs1. The Kier molecular flexibility index (Phi) is 5.17. The highest BCUT2D eigenvalue weighted by Crippen LogP contribution is 2.09. The molecule has 0 amide bonds. The van der Waals surface area contributed by atoms with Gasteiger partial charge in [-0.15, -0.1) is 11.3 Å². The fourth-order valence-electron chi connectivity index (χ4n) is 1.68. The highest BCUT2D eigenvalue weighted by molar-refractivity contribution is 7.09. The van der Waals surface area contributed by atoms with Gasteiger partial charge in [-0.2, -0.15) is 0 Å². The van der Waals surface area contributed by atoms with Gasteiger partial charge in [0, 0.05) is 11.4 Å². The zero-order valence-electron chi connectivity index (χ0n) is 12.1. The van der Waals surface area contributed by atoms with Crippen molar-refractivity contribution in [3.8, 4) is 0 Å². The number of thiophene rings is 1. The Morgan fingerprint density at radius 2 is 2.25 bits per heavy atom. The molecule has 0 radical (unpaired) electrons. The van der Waals surface area contributed by atoms with Gasteiger partial charge in [0.25, 0.3) is 0 Å². The van der Waals surface area contributed by atoms with E-state index in [0.29, 0.717) is 12.4 Å². The second-order valence-corrected chi connectivity index (χ2v) is 5.41. The minimum absolute atomic E-state index is 0.439. The van der Waals surface area contributed by atoms with Crippen LogP contribution in [0.5, 0.6) is 0 Å². The van der Waals surface area contributed by atoms with Crippen LogP contribution in [0.15, 0.2) is 26.9 Å². The Morgan fingerprint density at radius 1 is 1.40 bits per heavy atom. The lowest BCUT2D eigenvalue weighted by Crippen LogP contribution is -2.36. The number of oxazole rings is 1. The van der Waals surface area contributed by atoms with Crippen LogP contribution < -0.4 is 10.6 Å². The van der Waals surface area contributed by atoms with Crippen LogP contribution in [0.3, 0.4) is 0 Å². The normalized spacial score (nSPS) is 11.7. The van der Waals surface area contributed by atoms with Crippen molar-refractivity contribution in [1.29, 1.82) is 0 Å². The van der Waals surface area contributed by atoms with E-state index in [9.17, 15) is 0 Å². The first-order chi connectivity index (χ1) is 9.69. The summed E-state index contributed by atoms with van der Waals surface area (Å²) in [5.41, 5.74) is 0.923. The molecule has 0 aliphatic heterocycles. The monoisotopic (exact) mass is 292 g/mol. The van der Waals surface area contributed by atoms with Crippen LogP contribution in [0.2, 0.25) is 0 Å². The molecule has 0 saturated carbocycles. The smallest absolute Gasteiger partial charge is 0.216 e. The maximum Gasteiger partial charge on any atom is 0.216 e. The topological polar surface area (TPSA) is 62.5 Å². The number of aromatic nitrogens is 1. The Hall–Kier alpha value is -1.82. The van der Waals surface area contributed by atoms with Gasteiger partial charge in [0.15, 0.2) is 5.96 Å². The molecule has 2 aromatic heterocycles. The largest absolute Gasteiger partial charge is 0.444 e. The number of nitrogens with zero attached hydrogens (tertiary/aromatic N) is 2. The van der Waals surface area contributed by atoms with Gasteiger partial charge in [0.2, 0.25) is 5.89 Å². The Morgan fingerprint density at radius 3 is 2.85 bits per heavy atom. The summed E-state index contributed by atoms with van der Waals surface area (Å²) < 4.78 is 5.52. The number of hydrogen-bond acceptors (Lipinski definition) is 4. The fourth-order valence-corrected chi connectivity index (χ4v) is 2.32. The predicted molar refractivity (Wildman–Crippen MR) is 82.0 cm³/mol. The molecular formula is C14H20N4OS. The van der Waals surface area contributed by atoms with E-state index in [-0.39, 0.29) is 0 Å². The van der Waals surface area contributed by atoms with Crippen molar-refractivity contribution in [3.05, 3.63) is 39.7 Å². The van der Waals surface area contributed by atoms with Gasteiger partial charge in [0.05, 0.1) is 12.2 Å². The standard InChI is InChI=1S/C14H20N4OS/c1-4-15-14(16-8-12-6-5-7-20-12)17-9-13-18-10(2)11(3)19-13/h5-7H,4,8-9H2,1-3H3,(H2,15,16,17). The van der Waals surface area contributed by atoms with Crippen molar-refractivity contribution in [2.45, 2.75) is 33.9 Å². The lowest BCUT2D eigenvalue weighted by molar-refractivity contribution is 0.473. The summed E-state index contributed by atoms with van der Waals surface area (Å²) in [5.74, 6) is 2.27. The molecule has 108 valence electrons. The Balaban J connectivity index is 1.94. The van der Waals surface area contributed by atoms with Gasteiger partial charge in [0.1, 0.15) is 12.3 Å². The minimum Gasteiger partial charge on any atom is -0.444 e. The molecule has 0 aliphatic rings. The van der Waals surface area contributed by atoms with Crippen LogP contribution >= 0.6 is 11.3 Å². The van der Waals surface area contributed by atoms with E-state index in [0.717, 1.165) is 30.5 Å². The van der Waals surface area contributed by atoms with Crippen molar-refractivity contribution in [2.24, 2.45) is 4.99 Å². The molecule has 2 rings (SSSR count). The van der Waals surface area contributed by atoms with Crippen LogP contribution in [0.4, 0.5) is 0 Å². The van der Waals surface area contributed by atoms with E-state index in [1.807, 2.05) is 26.8 Å². The van der Waals surface area contributed by atoms with Crippen LogP contribution in [0.25, 0.3) is 0 Å². The average molecular weight is 292 g/mol. The number of nitrogens with one attached hydrogen (secondary N) is 2. The molecule has 0 saturated heterocycles. The van der Waals surface area contributed by atoms with E-state index in [4.69, 9.17) is 4.42 Å². The Labute approximate surface area is 123 Å². The summed E-state index contributed by atoms with van der Waals surface area (Å²) in [4.78, 5) is 10.1. The van der Waals surface area contributed by atoms with Crippen LogP contribution in [0.1, 0.15) is 29.1 Å². The van der Waals surface area contributed by atoms with Gasteiger partial charge in [-0.1, -0.05) is 6.07 Å². The molecule has 0 bridgehead atoms. The van der Waals surface area contributed by atoms with Crippen molar-refractivity contribution in [2.75, 3.05) is 6.54 Å². The lowest BCUT2D eigenvalue weighted by atomic mass is 10.4. The quantitative estimate of drug-likeness (QED) is 0.657. The predicted octanol–water partition coefficient (Wildman–Crippen LogP) is 2.61. The second-order valence-electron chi connectivity index (χ2n) is 4.38. The van der Waals surface area contributed by atoms with Gasteiger partial charge in [-0.25, -0.2) is 9.98 Å². The second kappa shape index (κ2) is 7.09. The zero-order chi connectivity index (χ0) is 14.4. The van der Waals surface area contributed by atoms with E-state index in [1.54, 1.807) is 11.3 Å². The van der Waals surface area contributed by atoms with Crippen molar-refractivity contribution in [1.82, 2.24) is 15.6 Å². The number of aryl methyl sites for hydroxylation is 2. The highest BCUT2D eigenvalue weighted by Gasteiger charge is 2.05. The first kappa shape index (κ1) is 14.6. The van der Waals surface area contributed by atoms with E-state index in [2.05, 4.69) is 32.1 Å². The number of guanidine groups is 1. The fraction of sp³-hybridized carbons (Fsp3) is 0.429. The summed E-state index contributed by atoms with van der Waals surface area (Å²) in [7, 11) is 0. The molecule has 0 spiro atoms. The van der Waals surface area contributed by atoms with E-state index >= 15 is 0 Å². The first-order valence-corrected chi connectivity index (χ1v) is 7.54. The molecule has 2 aromatic rings. The summed E-state index contributed by atoms with van der Waals surface area (Å²) in [6.07, 6.45) is 0. The highest BCUT2D eigenvalue weighted by atomic mass is 32.1.